The van der Waals surface area contributed by atoms with Gasteiger partial charge in [-0.25, -0.2) is 0 Å². The van der Waals surface area contributed by atoms with Crippen LogP contribution in [0.4, 0.5) is 5.69 Å². The molecule has 0 amide bonds. The SMILES string of the molecule is Cc1cccc(N(C)CC2CC23CCNCC3)c1. The van der Waals surface area contributed by atoms with Crippen LogP contribution in [-0.4, -0.2) is 26.7 Å². The summed E-state index contributed by atoms with van der Waals surface area (Å²) in [6.07, 6.45) is 4.23. The second kappa shape index (κ2) is 4.58. The number of piperidine rings is 1. The van der Waals surface area contributed by atoms with Crippen LogP contribution in [0.3, 0.4) is 0 Å². The first kappa shape index (κ1) is 12.0. The first-order valence-corrected chi connectivity index (χ1v) is 7.18. The maximum atomic E-state index is 3.48. The molecule has 1 aromatic rings. The number of hydrogen-bond donors (Lipinski definition) is 1. The van der Waals surface area contributed by atoms with Gasteiger partial charge in [0.05, 0.1) is 0 Å². The van der Waals surface area contributed by atoms with E-state index >= 15 is 0 Å². The first-order valence-electron chi connectivity index (χ1n) is 7.18. The van der Waals surface area contributed by atoms with Crippen molar-refractivity contribution in [1.82, 2.24) is 5.32 Å². The molecule has 1 saturated carbocycles. The molecule has 1 unspecified atom stereocenters. The summed E-state index contributed by atoms with van der Waals surface area (Å²) < 4.78 is 0. The number of benzene rings is 1. The maximum absolute atomic E-state index is 3.48. The van der Waals surface area contributed by atoms with Crippen molar-refractivity contribution in [2.45, 2.75) is 26.2 Å². The normalized spacial score (nSPS) is 25.1. The Balaban J connectivity index is 1.61. The lowest BCUT2D eigenvalue weighted by Gasteiger charge is -2.26. The summed E-state index contributed by atoms with van der Waals surface area (Å²) in [4.78, 5) is 2.44. The van der Waals surface area contributed by atoms with Gasteiger partial charge < -0.3 is 10.2 Å². The molecule has 2 aliphatic rings. The zero-order valence-corrected chi connectivity index (χ0v) is 11.6. The Labute approximate surface area is 110 Å². The second-order valence-corrected chi connectivity index (χ2v) is 6.23. The second-order valence-electron chi connectivity index (χ2n) is 6.23. The molecule has 1 heterocycles. The smallest absolute Gasteiger partial charge is 0.0366 e. The number of nitrogens with zero attached hydrogens (tertiary/aromatic N) is 1. The van der Waals surface area contributed by atoms with E-state index in [4.69, 9.17) is 0 Å². The minimum absolute atomic E-state index is 0.698. The zero-order chi connectivity index (χ0) is 12.6. The Hall–Kier alpha value is -1.02. The Morgan fingerprint density at radius 1 is 1.33 bits per heavy atom. The van der Waals surface area contributed by atoms with Gasteiger partial charge in [-0.3, -0.25) is 0 Å². The van der Waals surface area contributed by atoms with Gasteiger partial charge in [0.2, 0.25) is 0 Å². The fraction of sp³-hybridized carbons (Fsp3) is 0.625. The fourth-order valence-electron chi connectivity index (χ4n) is 3.53. The van der Waals surface area contributed by atoms with Gasteiger partial charge in [0.15, 0.2) is 0 Å². The van der Waals surface area contributed by atoms with Crippen molar-refractivity contribution in [2.75, 3.05) is 31.6 Å². The molecule has 98 valence electrons. The lowest BCUT2D eigenvalue weighted by molar-refractivity contribution is 0.324. The minimum Gasteiger partial charge on any atom is -0.374 e. The molecule has 0 radical (unpaired) electrons. The Morgan fingerprint density at radius 3 is 2.83 bits per heavy atom. The lowest BCUT2D eigenvalue weighted by Crippen LogP contribution is -2.31. The van der Waals surface area contributed by atoms with E-state index in [-0.39, 0.29) is 0 Å². The molecule has 2 fully saturated rings. The molecular weight excluding hydrogens is 220 g/mol. The average molecular weight is 244 g/mol. The van der Waals surface area contributed by atoms with E-state index in [0.29, 0.717) is 5.41 Å². The van der Waals surface area contributed by atoms with E-state index in [0.717, 1.165) is 5.92 Å². The molecule has 1 aliphatic heterocycles. The number of rotatable bonds is 3. The molecule has 2 nitrogen and oxygen atoms in total. The molecule has 3 rings (SSSR count). The van der Waals surface area contributed by atoms with Crippen LogP contribution in [0.25, 0.3) is 0 Å². The number of anilines is 1. The van der Waals surface area contributed by atoms with Crippen molar-refractivity contribution in [3.05, 3.63) is 29.8 Å². The average Bonchev–Trinajstić information content (AvgIpc) is 3.02. The molecular formula is C16H24N2. The highest BCUT2D eigenvalue weighted by atomic mass is 15.1. The van der Waals surface area contributed by atoms with E-state index in [9.17, 15) is 0 Å². The minimum atomic E-state index is 0.698. The molecule has 0 aromatic heterocycles. The standard InChI is InChI=1S/C16H24N2/c1-13-4-3-5-15(10-13)18(2)12-14-11-16(14)6-8-17-9-7-16/h3-5,10,14,17H,6-9,11-12H2,1-2H3. The van der Waals surface area contributed by atoms with E-state index in [1.165, 1.54) is 50.1 Å². The first-order chi connectivity index (χ1) is 8.70. The van der Waals surface area contributed by atoms with Gasteiger partial charge in [-0.05, 0) is 68.3 Å². The van der Waals surface area contributed by atoms with Gasteiger partial charge in [-0.2, -0.15) is 0 Å². The molecule has 0 bridgehead atoms. The van der Waals surface area contributed by atoms with Gasteiger partial charge in [-0.15, -0.1) is 0 Å². The summed E-state index contributed by atoms with van der Waals surface area (Å²) in [5, 5.41) is 3.48. The third kappa shape index (κ3) is 2.26. The Bertz CT molecular complexity index is 421. The van der Waals surface area contributed by atoms with Crippen LogP contribution in [0.1, 0.15) is 24.8 Å². The highest BCUT2D eigenvalue weighted by Gasteiger charge is 2.53. The fourth-order valence-corrected chi connectivity index (χ4v) is 3.53. The monoisotopic (exact) mass is 244 g/mol. The maximum Gasteiger partial charge on any atom is 0.0366 e. The molecule has 1 aromatic carbocycles. The summed E-state index contributed by atoms with van der Waals surface area (Å²) in [6, 6.07) is 8.85. The van der Waals surface area contributed by atoms with E-state index < -0.39 is 0 Å². The molecule has 1 aliphatic carbocycles. The van der Waals surface area contributed by atoms with Gasteiger partial charge >= 0.3 is 0 Å². The van der Waals surface area contributed by atoms with Crippen molar-refractivity contribution in [3.8, 4) is 0 Å². The lowest BCUT2D eigenvalue weighted by atomic mass is 9.92. The summed E-state index contributed by atoms with van der Waals surface area (Å²) in [7, 11) is 2.24. The van der Waals surface area contributed by atoms with E-state index in [1.54, 1.807) is 0 Å². The quantitative estimate of drug-likeness (QED) is 0.879. The van der Waals surface area contributed by atoms with Gasteiger partial charge in [-0.1, -0.05) is 12.1 Å². The van der Waals surface area contributed by atoms with Crippen LogP contribution in [0.15, 0.2) is 24.3 Å². The largest absolute Gasteiger partial charge is 0.374 e. The van der Waals surface area contributed by atoms with Crippen molar-refractivity contribution in [3.63, 3.8) is 0 Å². The third-order valence-corrected chi connectivity index (χ3v) is 4.89. The molecule has 1 saturated heterocycles. The highest BCUT2D eigenvalue weighted by Crippen LogP contribution is 2.58. The van der Waals surface area contributed by atoms with E-state index in [1.807, 2.05) is 0 Å². The molecule has 1 atom stereocenters. The molecule has 1 spiro atoms. The summed E-state index contributed by atoms with van der Waals surface area (Å²) in [6.45, 7) is 5.85. The van der Waals surface area contributed by atoms with Crippen molar-refractivity contribution >= 4 is 5.69 Å². The summed E-state index contributed by atoms with van der Waals surface area (Å²) in [5.41, 5.74) is 3.42. The molecule has 18 heavy (non-hydrogen) atoms. The third-order valence-electron chi connectivity index (χ3n) is 4.89. The van der Waals surface area contributed by atoms with Gasteiger partial charge in [0, 0.05) is 19.3 Å². The van der Waals surface area contributed by atoms with E-state index in [2.05, 4.69) is 48.5 Å². The Kier molecular flexibility index (Phi) is 3.06. The summed E-state index contributed by atoms with van der Waals surface area (Å²) >= 11 is 0. The number of aryl methyl sites for hydroxylation is 1. The van der Waals surface area contributed by atoms with Crippen LogP contribution in [0.2, 0.25) is 0 Å². The van der Waals surface area contributed by atoms with Gasteiger partial charge in [0.1, 0.15) is 0 Å². The highest BCUT2D eigenvalue weighted by molar-refractivity contribution is 5.48. The van der Waals surface area contributed by atoms with Crippen molar-refractivity contribution in [1.29, 1.82) is 0 Å². The zero-order valence-electron chi connectivity index (χ0n) is 11.6. The Morgan fingerprint density at radius 2 is 2.11 bits per heavy atom. The van der Waals surface area contributed by atoms with Crippen LogP contribution in [0.5, 0.6) is 0 Å². The van der Waals surface area contributed by atoms with Gasteiger partial charge in [0.25, 0.3) is 0 Å². The molecule has 1 N–H and O–H groups in total. The number of hydrogen-bond acceptors (Lipinski definition) is 2. The number of nitrogens with one attached hydrogen (secondary N) is 1. The van der Waals surface area contributed by atoms with Crippen molar-refractivity contribution < 1.29 is 0 Å². The van der Waals surface area contributed by atoms with Crippen LogP contribution >= 0.6 is 0 Å². The predicted octanol–water partition coefficient (Wildman–Crippen LogP) is 2.82. The topological polar surface area (TPSA) is 15.3 Å². The van der Waals surface area contributed by atoms with Crippen LogP contribution in [-0.2, 0) is 0 Å². The van der Waals surface area contributed by atoms with Crippen LogP contribution in [0, 0.1) is 18.3 Å². The van der Waals surface area contributed by atoms with Crippen LogP contribution < -0.4 is 10.2 Å². The summed E-state index contributed by atoms with van der Waals surface area (Å²) in [5.74, 6) is 0.921. The predicted molar refractivity (Wildman–Crippen MR) is 77.1 cm³/mol. The van der Waals surface area contributed by atoms with Crippen molar-refractivity contribution in [2.24, 2.45) is 11.3 Å². The molecule has 2 heteroatoms.